The van der Waals surface area contributed by atoms with Gasteiger partial charge in [0.15, 0.2) is 4.32 Å². The zero-order chi connectivity index (χ0) is 18.3. The Morgan fingerprint density at radius 3 is 2.69 bits per heavy atom. The topological polar surface area (TPSA) is 20.3 Å². The number of carbonyl (C=O) groups is 1. The molecule has 6 heteroatoms. The molecule has 1 aliphatic heterocycles. The van der Waals surface area contributed by atoms with Crippen molar-refractivity contribution in [1.29, 1.82) is 0 Å². The van der Waals surface area contributed by atoms with Crippen LogP contribution in [0.4, 0.5) is 10.1 Å². The van der Waals surface area contributed by atoms with Gasteiger partial charge >= 0.3 is 0 Å². The van der Waals surface area contributed by atoms with Gasteiger partial charge in [0.1, 0.15) is 5.82 Å². The van der Waals surface area contributed by atoms with Gasteiger partial charge in [-0.1, -0.05) is 76.3 Å². The molecule has 3 aromatic rings. The summed E-state index contributed by atoms with van der Waals surface area (Å²) in [5, 5.41) is 1.97. The van der Waals surface area contributed by atoms with Crippen molar-refractivity contribution in [2.75, 3.05) is 4.90 Å². The third-order valence-corrected chi connectivity index (χ3v) is 5.84. The molecule has 0 aliphatic carbocycles. The molecule has 1 saturated heterocycles. The minimum Gasteiger partial charge on any atom is -0.268 e. The van der Waals surface area contributed by atoms with Gasteiger partial charge in [0.2, 0.25) is 0 Å². The molecule has 0 spiro atoms. The zero-order valence-electron chi connectivity index (χ0n) is 13.3. The summed E-state index contributed by atoms with van der Waals surface area (Å²) in [6.07, 6.45) is 1.55. The average Bonchev–Trinajstić information content (AvgIpc) is 2.91. The van der Waals surface area contributed by atoms with E-state index in [0.717, 1.165) is 20.9 Å². The fourth-order valence-electron chi connectivity index (χ4n) is 2.85. The number of fused-ring (bicyclic) bond motifs is 1. The van der Waals surface area contributed by atoms with Crippen LogP contribution in [0.3, 0.4) is 0 Å². The second kappa shape index (κ2) is 6.95. The van der Waals surface area contributed by atoms with Gasteiger partial charge in [-0.25, -0.2) is 4.39 Å². The summed E-state index contributed by atoms with van der Waals surface area (Å²) < 4.78 is 15.2. The minimum atomic E-state index is -0.386. The molecule has 0 radical (unpaired) electrons. The Morgan fingerprint density at radius 2 is 1.85 bits per heavy atom. The third kappa shape index (κ3) is 3.09. The molecule has 1 amide bonds. The van der Waals surface area contributed by atoms with E-state index in [9.17, 15) is 9.18 Å². The second-order valence-corrected chi connectivity index (χ2v) is 8.27. The van der Waals surface area contributed by atoms with E-state index < -0.39 is 0 Å². The zero-order valence-corrected chi connectivity index (χ0v) is 16.5. The molecule has 2 nitrogen and oxygen atoms in total. The Balaban J connectivity index is 1.78. The third-order valence-electron chi connectivity index (χ3n) is 4.05. The maximum Gasteiger partial charge on any atom is 0.270 e. The predicted molar refractivity (Wildman–Crippen MR) is 114 cm³/mol. The Kier molecular flexibility index (Phi) is 4.65. The monoisotopic (exact) mass is 443 g/mol. The van der Waals surface area contributed by atoms with Crippen LogP contribution >= 0.6 is 39.9 Å². The van der Waals surface area contributed by atoms with Crippen molar-refractivity contribution in [2.45, 2.75) is 0 Å². The summed E-state index contributed by atoms with van der Waals surface area (Å²) in [4.78, 5) is 14.9. The first kappa shape index (κ1) is 17.4. The van der Waals surface area contributed by atoms with Crippen molar-refractivity contribution in [2.24, 2.45) is 0 Å². The number of anilines is 1. The smallest absolute Gasteiger partial charge is 0.268 e. The first-order valence-corrected chi connectivity index (χ1v) is 9.77. The van der Waals surface area contributed by atoms with Gasteiger partial charge < -0.3 is 0 Å². The lowest BCUT2D eigenvalue weighted by atomic mass is 10.1. The Hall–Kier alpha value is -2.02. The fourth-order valence-corrected chi connectivity index (χ4v) is 4.50. The minimum absolute atomic E-state index is 0.240. The van der Waals surface area contributed by atoms with Crippen molar-refractivity contribution in [1.82, 2.24) is 0 Å². The molecule has 1 heterocycles. The van der Waals surface area contributed by atoms with Crippen molar-refractivity contribution in [3.05, 3.63) is 81.4 Å². The van der Waals surface area contributed by atoms with Gasteiger partial charge in [-0.3, -0.25) is 9.69 Å². The van der Waals surface area contributed by atoms with Crippen molar-refractivity contribution in [3.63, 3.8) is 0 Å². The molecule has 0 atom stereocenters. The molecule has 1 fully saturated rings. The van der Waals surface area contributed by atoms with Crippen molar-refractivity contribution >= 4 is 72.7 Å². The number of amides is 1. The van der Waals surface area contributed by atoms with Crippen LogP contribution in [-0.2, 0) is 4.79 Å². The van der Waals surface area contributed by atoms with Gasteiger partial charge in [-0.2, -0.15) is 0 Å². The highest BCUT2D eigenvalue weighted by atomic mass is 79.9. The van der Waals surface area contributed by atoms with E-state index in [1.807, 2.05) is 42.5 Å². The van der Waals surface area contributed by atoms with Crippen LogP contribution in [-0.4, -0.2) is 10.2 Å². The summed E-state index contributed by atoms with van der Waals surface area (Å²) in [5.74, 6) is -0.626. The van der Waals surface area contributed by atoms with E-state index in [4.69, 9.17) is 12.2 Å². The van der Waals surface area contributed by atoms with Crippen LogP contribution in [0.1, 0.15) is 5.56 Å². The van der Waals surface area contributed by atoms with E-state index in [1.165, 1.54) is 22.7 Å². The lowest BCUT2D eigenvalue weighted by molar-refractivity contribution is -0.113. The van der Waals surface area contributed by atoms with E-state index in [-0.39, 0.29) is 11.7 Å². The van der Waals surface area contributed by atoms with Gasteiger partial charge in [-0.15, -0.1) is 0 Å². The number of thiocarbonyl (C=S) groups is 1. The first-order valence-electron chi connectivity index (χ1n) is 7.75. The second-order valence-electron chi connectivity index (χ2n) is 5.68. The fraction of sp³-hybridized carbons (Fsp3) is 0. The molecule has 0 saturated carbocycles. The maximum absolute atomic E-state index is 14.0. The number of thioether (sulfide) groups is 1. The summed E-state index contributed by atoms with van der Waals surface area (Å²) in [6.45, 7) is 0. The van der Waals surface area contributed by atoms with E-state index in [2.05, 4.69) is 15.9 Å². The largest absolute Gasteiger partial charge is 0.270 e. The highest BCUT2D eigenvalue weighted by molar-refractivity contribution is 9.10. The number of rotatable bonds is 2. The van der Waals surface area contributed by atoms with Gasteiger partial charge in [0.25, 0.3) is 5.91 Å². The molecule has 0 aromatic heterocycles. The number of benzene rings is 3. The molecule has 0 N–H and O–H groups in total. The molecule has 0 unspecified atom stereocenters. The Labute approximate surface area is 167 Å². The number of carbonyl (C=O) groups excluding carboxylic acids is 1. The first-order chi connectivity index (χ1) is 12.5. The van der Waals surface area contributed by atoms with E-state index in [1.54, 1.807) is 18.2 Å². The molecule has 26 heavy (non-hydrogen) atoms. The number of nitrogens with zero attached hydrogens (tertiary/aromatic N) is 1. The normalized spacial score (nSPS) is 16.1. The van der Waals surface area contributed by atoms with E-state index in [0.29, 0.717) is 14.8 Å². The number of halogens is 2. The van der Waals surface area contributed by atoms with Crippen LogP contribution in [0.5, 0.6) is 0 Å². The molecule has 1 aliphatic rings. The Bertz CT molecular complexity index is 1090. The SMILES string of the molecule is O=C1/C(=C\c2cc(Br)ccc2F)SC(=S)N1c1cccc2ccccc12. The highest BCUT2D eigenvalue weighted by Gasteiger charge is 2.34. The average molecular weight is 444 g/mol. The van der Waals surface area contributed by atoms with Crippen LogP contribution in [0.25, 0.3) is 16.8 Å². The quantitative estimate of drug-likeness (QED) is 0.350. The maximum atomic E-state index is 14.0. The van der Waals surface area contributed by atoms with E-state index >= 15 is 0 Å². The van der Waals surface area contributed by atoms with Crippen LogP contribution < -0.4 is 4.90 Å². The summed E-state index contributed by atoms with van der Waals surface area (Å²) in [5.41, 5.74) is 1.08. The van der Waals surface area contributed by atoms with Crippen molar-refractivity contribution < 1.29 is 9.18 Å². The molecule has 3 aromatic carbocycles. The van der Waals surface area contributed by atoms with Crippen LogP contribution in [0.2, 0.25) is 0 Å². The van der Waals surface area contributed by atoms with Crippen LogP contribution in [0, 0.1) is 5.82 Å². The molecular weight excluding hydrogens is 433 g/mol. The Morgan fingerprint density at radius 1 is 1.08 bits per heavy atom. The highest BCUT2D eigenvalue weighted by Crippen LogP contribution is 2.39. The van der Waals surface area contributed by atoms with Gasteiger partial charge in [0.05, 0.1) is 10.6 Å². The molecular formula is C20H11BrFNOS2. The van der Waals surface area contributed by atoms with Crippen molar-refractivity contribution in [3.8, 4) is 0 Å². The molecule has 4 rings (SSSR count). The van der Waals surface area contributed by atoms with Gasteiger partial charge in [0, 0.05) is 15.4 Å². The molecule has 128 valence electrons. The molecule has 0 bridgehead atoms. The van der Waals surface area contributed by atoms with Crippen LogP contribution in [0.15, 0.2) is 70.0 Å². The summed E-state index contributed by atoms with van der Waals surface area (Å²) in [7, 11) is 0. The van der Waals surface area contributed by atoms with Gasteiger partial charge in [-0.05, 0) is 35.7 Å². The lowest BCUT2D eigenvalue weighted by Crippen LogP contribution is -2.27. The number of hydrogen-bond donors (Lipinski definition) is 0. The summed E-state index contributed by atoms with van der Waals surface area (Å²) in [6, 6.07) is 18.2. The summed E-state index contributed by atoms with van der Waals surface area (Å²) >= 11 is 9.94. The lowest BCUT2D eigenvalue weighted by Gasteiger charge is -2.17. The predicted octanol–water partition coefficient (Wildman–Crippen LogP) is 6.15. The standard InChI is InChI=1S/C20H11BrFNOS2/c21-14-8-9-16(22)13(10-14)11-18-19(24)23(20(25)26-18)17-7-3-5-12-4-1-2-6-15(12)17/h1-11H/b18-11+. The number of hydrogen-bond acceptors (Lipinski definition) is 3.